The van der Waals surface area contributed by atoms with Crippen LogP contribution in [-0.4, -0.2) is 34.1 Å². The summed E-state index contributed by atoms with van der Waals surface area (Å²) in [6, 6.07) is 7.74. The molecule has 9 heteroatoms. The summed E-state index contributed by atoms with van der Waals surface area (Å²) in [6.45, 7) is 1.83. The van der Waals surface area contributed by atoms with Gasteiger partial charge in [0.05, 0.1) is 16.8 Å². The number of anilines is 2. The van der Waals surface area contributed by atoms with Crippen molar-refractivity contribution < 1.29 is 13.5 Å². The molecule has 0 radical (unpaired) electrons. The number of thiazole rings is 1. The van der Waals surface area contributed by atoms with Crippen LogP contribution in [0.15, 0.2) is 48.1 Å². The highest BCUT2D eigenvalue weighted by Gasteiger charge is 2.19. The van der Waals surface area contributed by atoms with Gasteiger partial charge in [-0.25, -0.2) is 23.7 Å². The molecule has 5 rings (SSSR count). The van der Waals surface area contributed by atoms with Crippen LogP contribution < -0.4 is 15.4 Å². The number of fused-ring (bicyclic) bond motifs is 1. The van der Waals surface area contributed by atoms with Crippen LogP contribution in [0.1, 0.15) is 12.8 Å². The van der Waals surface area contributed by atoms with Crippen LogP contribution in [0.2, 0.25) is 0 Å². The normalized spacial score (nSPS) is 14.6. The molecule has 0 spiro atoms. The molecule has 0 atom stereocenters. The van der Waals surface area contributed by atoms with Crippen molar-refractivity contribution in [2.24, 2.45) is 0 Å². The molecule has 0 unspecified atom stereocenters. The van der Waals surface area contributed by atoms with Gasteiger partial charge in [-0.15, -0.1) is 11.3 Å². The van der Waals surface area contributed by atoms with Crippen LogP contribution >= 0.6 is 11.3 Å². The van der Waals surface area contributed by atoms with E-state index in [0.717, 1.165) is 48.0 Å². The van der Waals surface area contributed by atoms with Gasteiger partial charge in [0.2, 0.25) is 5.95 Å². The van der Waals surface area contributed by atoms with E-state index in [0.29, 0.717) is 11.3 Å². The van der Waals surface area contributed by atoms with E-state index < -0.39 is 11.6 Å². The number of hydrogen-bond donors (Lipinski definition) is 2. The highest BCUT2D eigenvalue weighted by atomic mass is 32.1. The fraction of sp³-hybridized carbons (Fsp3) is 0.227. The van der Waals surface area contributed by atoms with Crippen molar-refractivity contribution in [2.75, 3.05) is 18.4 Å². The van der Waals surface area contributed by atoms with Gasteiger partial charge in [0.25, 0.3) is 0 Å². The van der Waals surface area contributed by atoms with E-state index >= 15 is 0 Å². The van der Waals surface area contributed by atoms with Gasteiger partial charge in [0.15, 0.2) is 11.6 Å². The molecule has 1 fully saturated rings. The van der Waals surface area contributed by atoms with E-state index in [1.165, 1.54) is 23.5 Å². The minimum Gasteiger partial charge on any atom is -0.490 e. The zero-order valence-corrected chi connectivity index (χ0v) is 17.3. The summed E-state index contributed by atoms with van der Waals surface area (Å²) in [5.74, 6) is -1.03. The molecule has 6 nitrogen and oxygen atoms in total. The molecule has 2 N–H and O–H groups in total. The first-order chi connectivity index (χ1) is 15.2. The Morgan fingerprint density at radius 3 is 2.81 bits per heavy atom. The quantitative estimate of drug-likeness (QED) is 0.461. The average Bonchev–Trinajstić information content (AvgIpc) is 3.32. The maximum absolute atomic E-state index is 14.0. The molecule has 0 amide bonds. The lowest BCUT2D eigenvalue weighted by Gasteiger charge is -2.25. The number of aromatic nitrogens is 3. The monoisotopic (exact) mass is 439 g/mol. The van der Waals surface area contributed by atoms with E-state index in [1.807, 2.05) is 17.5 Å². The molecule has 2 aromatic carbocycles. The van der Waals surface area contributed by atoms with Gasteiger partial charge in [-0.2, -0.15) is 0 Å². The predicted molar refractivity (Wildman–Crippen MR) is 117 cm³/mol. The second kappa shape index (κ2) is 8.52. The first-order valence-corrected chi connectivity index (χ1v) is 10.8. The number of ether oxygens (including phenoxy) is 1. The minimum absolute atomic E-state index is 0.0232. The molecule has 2 aromatic heterocycles. The summed E-state index contributed by atoms with van der Waals surface area (Å²) in [6.07, 6.45) is 5.36. The lowest BCUT2D eigenvalue weighted by Crippen LogP contribution is -2.34. The van der Waals surface area contributed by atoms with Gasteiger partial charge in [-0.05, 0) is 44.1 Å². The molecule has 0 aliphatic carbocycles. The van der Waals surface area contributed by atoms with Crippen LogP contribution in [0.4, 0.5) is 20.4 Å². The molecule has 1 saturated heterocycles. The largest absolute Gasteiger partial charge is 0.490 e. The van der Waals surface area contributed by atoms with Crippen LogP contribution in [0.25, 0.3) is 21.5 Å². The summed E-state index contributed by atoms with van der Waals surface area (Å²) in [4.78, 5) is 13.2. The molecular formula is C22H19F2N5OS. The van der Waals surface area contributed by atoms with Crippen molar-refractivity contribution in [2.45, 2.75) is 18.9 Å². The highest BCUT2D eigenvalue weighted by molar-refractivity contribution is 7.13. The van der Waals surface area contributed by atoms with Gasteiger partial charge in [0, 0.05) is 29.2 Å². The number of rotatable bonds is 5. The molecule has 1 aliphatic heterocycles. The van der Waals surface area contributed by atoms with E-state index in [9.17, 15) is 8.78 Å². The smallest absolute Gasteiger partial charge is 0.227 e. The van der Waals surface area contributed by atoms with Crippen molar-refractivity contribution in [3.63, 3.8) is 0 Å². The van der Waals surface area contributed by atoms with E-state index in [4.69, 9.17) is 4.74 Å². The summed E-state index contributed by atoms with van der Waals surface area (Å²) in [7, 11) is 0. The van der Waals surface area contributed by atoms with Crippen molar-refractivity contribution >= 4 is 33.9 Å². The lowest BCUT2D eigenvalue weighted by molar-refractivity contribution is 0.163. The summed E-state index contributed by atoms with van der Waals surface area (Å²) in [5.41, 5.74) is 1.50. The zero-order chi connectivity index (χ0) is 21.2. The van der Waals surface area contributed by atoms with Crippen molar-refractivity contribution in [3.05, 3.63) is 59.7 Å². The first kappa shape index (κ1) is 19.8. The molecule has 0 bridgehead atoms. The van der Waals surface area contributed by atoms with Gasteiger partial charge < -0.3 is 15.4 Å². The van der Waals surface area contributed by atoms with Gasteiger partial charge in [0.1, 0.15) is 16.9 Å². The molecule has 31 heavy (non-hydrogen) atoms. The number of nitrogens with one attached hydrogen (secondary N) is 2. The van der Waals surface area contributed by atoms with Crippen molar-refractivity contribution in [1.29, 1.82) is 0 Å². The fourth-order valence-corrected chi connectivity index (χ4v) is 4.21. The van der Waals surface area contributed by atoms with Crippen molar-refractivity contribution in [3.8, 4) is 16.3 Å². The number of piperidine rings is 1. The predicted octanol–water partition coefficient (Wildman–Crippen LogP) is 4.91. The maximum Gasteiger partial charge on any atom is 0.227 e. The second-order valence-electron chi connectivity index (χ2n) is 7.23. The van der Waals surface area contributed by atoms with Crippen LogP contribution in [-0.2, 0) is 0 Å². The van der Waals surface area contributed by atoms with Crippen LogP contribution in [0.3, 0.4) is 0 Å². The van der Waals surface area contributed by atoms with Crippen LogP contribution in [0, 0.1) is 11.6 Å². The number of hydrogen-bond acceptors (Lipinski definition) is 7. The summed E-state index contributed by atoms with van der Waals surface area (Å²) in [5, 5.41) is 9.66. The number of halogens is 2. The Balaban J connectivity index is 1.53. The number of benzene rings is 2. The molecule has 158 valence electrons. The fourth-order valence-electron chi connectivity index (χ4n) is 3.55. The lowest BCUT2D eigenvalue weighted by atomic mass is 10.1. The van der Waals surface area contributed by atoms with E-state index in [1.54, 1.807) is 12.4 Å². The molecule has 3 heterocycles. The Kier molecular flexibility index (Phi) is 5.44. The first-order valence-electron chi connectivity index (χ1n) is 9.96. The standard InChI is InChI=1S/C22H19F2N5OS/c23-16-2-1-3-17(20(16)24)28-22-27-12-13-10-15(21-26-8-9-31-21)19(11-18(13)29-22)30-14-4-6-25-7-5-14/h1-3,8-12,14,25H,4-7H2,(H,27,28,29). The topological polar surface area (TPSA) is 72.0 Å². The maximum atomic E-state index is 14.0. The van der Waals surface area contributed by atoms with Crippen molar-refractivity contribution in [1.82, 2.24) is 20.3 Å². The van der Waals surface area contributed by atoms with E-state index in [-0.39, 0.29) is 17.7 Å². The van der Waals surface area contributed by atoms with Crippen LogP contribution in [0.5, 0.6) is 5.75 Å². The Labute approximate surface area is 181 Å². The molecule has 1 aliphatic rings. The summed E-state index contributed by atoms with van der Waals surface area (Å²) >= 11 is 1.53. The third-order valence-electron chi connectivity index (χ3n) is 5.12. The van der Waals surface area contributed by atoms with Gasteiger partial charge in [-0.1, -0.05) is 6.07 Å². The molecule has 4 aromatic rings. The minimum atomic E-state index is -0.972. The third kappa shape index (κ3) is 4.19. The van der Waals surface area contributed by atoms with E-state index in [2.05, 4.69) is 25.6 Å². The Bertz CT molecular complexity index is 1210. The molecule has 0 saturated carbocycles. The Hall–Kier alpha value is -3.17. The highest BCUT2D eigenvalue weighted by Crippen LogP contribution is 2.36. The van der Waals surface area contributed by atoms with Gasteiger partial charge >= 0.3 is 0 Å². The molecular weight excluding hydrogens is 420 g/mol. The zero-order valence-electron chi connectivity index (χ0n) is 16.4. The summed E-state index contributed by atoms with van der Waals surface area (Å²) < 4.78 is 33.9. The second-order valence-corrected chi connectivity index (χ2v) is 8.13. The third-order valence-corrected chi connectivity index (χ3v) is 5.93. The average molecular weight is 439 g/mol. The SMILES string of the molecule is Fc1cccc(Nc2ncc3cc(-c4nccs4)c(OC4CCNCC4)cc3n2)c1F. The number of nitrogens with zero attached hydrogens (tertiary/aromatic N) is 3. The Morgan fingerprint density at radius 1 is 1.13 bits per heavy atom. The Morgan fingerprint density at radius 2 is 2.00 bits per heavy atom. The van der Waals surface area contributed by atoms with Gasteiger partial charge in [-0.3, -0.25) is 0 Å².